The van der Waals surface area contributed by atoms with Gasteiger partial charge in [0.15, 0.2) is 5.03 Å². The largest absolute Gasteiger partial charge is 0.370 e. The van der Waals surface area contributed by atoms with Gasteiger partial charge in [-0.25, -0.2) is 13.4 Å². The van der Waals surface area contributed by atoms with Crippen molar-refractivity contribution in [1.82, 2.24) is 14.3 Å². The van der Waals surface area contributed by atoms with Crippen LogP contribution in [0.2, 0.25) is 0 Å². The van der Waals surface area contributed by atoms with Crippen LogP contribution in [0.1, 0.15) is 20.8 Å². The molecule has 96 valence electrons. The third kappa shape index (κ3) is 2.51. The van der Waals surface area contributed by atoms with Crippen LogP contribution in [0.25, 0.3) is 0 Å². The fraction of sp³-hybridized carbons (Fsp3) is 0.700. The fourth-order valence-electron chi connectivity index (χ4n) is 2.10. The molecule has 1 N–H and O–H groups in total. The second-order valence-electron chi connectivity index (χ2n) is 4.90. The van der Waals surface area contributed by atoms with E-state index in [2.05, 4.69) is 9.97 Å². The number of aromatic nitrogens is 2. The minimum Gasteiger partial charge on any atom is -0.370 e. The first-order valence-electron chi connectivity index (χ1n) is 5.48. The Morgan fingerprint density at radius 3 is 2.82 bits per heavy atom. The first-order valence-corrected chi connectivity index (χ1v) is 6.92. The van der Waals surface area contributed by atoms with Gasteiger partial charge in [0, 0.05) is 13.1 Å². The van der Waals surface area contributed by atoms with Crippen LogP contribution in [0.3, 0.4) is 0 Å². The van der Waals surface area contributed by atoms with E-state index in [4.69, 9.17) is 4.74 Å². The summed E-state index contributed by atoms with van der Waals surface area (Å²) in [5.74, 6) is 0. The van der Waals surface area contributed by atoms with E-state index in [9.17, 15) is 8.42 Å². The van der Waals surface area contributed by atoms with E-state index in [1.54, 1.807) is 0 Å². The molecular weight excluding hydrogens is 242 g/mol. The summed E-state index contributed by atoms with van der Waals surface area (Å²) in [7, 11) is -3.49. The highest BCUT2D eigenvalue weighted by atomic mass is 32.2. The Kier molecular flexibility index (Phi) is 3.01. The molecule has 6 nitrogen and oxygen atoms in total. The summed E-state index contributed by atoms with van der Waals surface area (Å²) in [4.78, 5) is 6.38. The van der Waals surface area contributed by atoms with E-state index < -0.39 is 15.6 Å². The minimum atomic E-state index is -3.49. The van der Waals surface area contributed by atoms with Crippen molar-refractivity contribution in [3.63, 3.8) is 0 Å². The highest BCUT2D eigenvalue weighted by Gasteiger charge is 2.38. The molecule has 7 heteroatoms. The zero-order chi connectivity index (χ0) is 12.7. The molecule has 0 bridgehead atoms. The van der Waals surface area contributed by atoms with Gasteiger partial charge in [0.05, 0.1) is 24.2 Å². The van der Waals surface area contributed by atoms with Crippen LogP contribution < -0.4 is 0 Å². The number of sulfonamides is 1. The monoisotopic (exact) mass is 259 g/mol. The maximum Gasteiger partial charge on any atom is 0.260 e. The lowest BCUT2D eigenvalue weighted by Crippen LogP contribution is -2.53. The maximum atomic E-state index is 12.3. The van der Waals surface area contributed by atoms with Gasteiger partial charge in [-0.3, -0.25) is 0 Å². The van der Waals surface area contributed by atoms with Gasteiger partial charge in [-0.2, -0.15) is 4.31 Å². The number of rotatable bonds is 2. The van der Waals surface area contributed by atoms with E-state index in [1.807, 2.05) is 20.8 Å². The summed E-state index contributed by atoms with van der Waals surface area (Å²) >= 11 is 0. The van der Waals surface area contributed by atoms with Gasteiger partial charge >= 0.3 is 0 Å². The van der Waals surface area contributed by atoms with Gasteiger partial charge in [0.2, 0.25) is 0 Å². The van der Waals surface area contributed by atoms with E-state index in [0.29, 0.717) is 13.1 Å². The standard InChI is InChI=1S/C10H17N3O3S/c1-8-5-13(6-10(2,3)16-8)17(14,15)9-4-11-7-12-9/h4,7-8H,5-6H2,1-3H3,(H,11,12). The average Bonchev–Trinajstić information content (AvgIpc) is 2.67. The average molecular weight is 259 g/mol. The molecule has 1 unspecified atom stereocenters. The molecule has 17 heavy (non-hydrogen) atoms. The maximum absolute atomic E-state index is 12.3. The zero-order valence-corrected chi connectivity index (χ0v) is 11.0. The summed E-state index contributed by atoms with van der Waals surface area (Å²) in [6.45, 7) is 6.36. The minimum absolute atomic E-state index is 0.114. The fourth-order valence-corrected chi connectivity index (χ4v) is 3.66. The second kappa shape index (κ2) is 4.08. The van der Waals surface area contributed by atoms with Gasteiger partial charge in [0.1, 0.15) is 0 Å². The molecule has 1 saturated heterocycles. The number of H-pyrrole nitrogens is 1. The Morgan fingerprint density at radius 2 is 2.29 bits per heavy atom. The lowest BCUT2D eigenvalue weighted by Gasteiger charge is -2.40. The van der Waals surface area contributed by atoms with Crippen molar-refractivity contribution >= 4 is 10.0 Å². The summed E-state index contributed by atoms with van der Waals surface area (Å²) in [6, 6.07) is 0. The van der Waals surface area contributed by atoms with Gasteiger partial charge in [-0.1, -0.05) is 0 Å². The normalized spacial score (nSPS) is 25.9. The summed E-state index contributed by atoms with van der Waals surface area (Å²) in [6.07, 6.45) is 2.57. The predicted molar refractivity (Wildman–Crippen MR) is 62.0 cm³/mol. The van der Waals surface area contributed by atoms with Gasteiger partial charge in [-0.15, -0.1) is 0 Å². The molecule has 1 aromatic rings. The van der Waals surface area contributed by atoms with E-state index in [1.165, 1.54) is 16.8 Å². The number of hydrogen-bond donors (Lipinski definition) is 1. The van der Waals surface area contributed by atoms with Crippen LogP contribution in [0, 0.1) is 0 Å². The molecular formula is C10H17N3O3S. The van der Waals surface area contributed by atoms with Crippen LogP contribution in [-0.4, -0.2) is 47.5 Å². The van der Waals surface area contributed by atoms with Crippen molar-refractivity contribution in [2.45, 2.75) is 37.5 Å². The molecule has 0 amide bonds. The number of hydrogen-bond acceptors (Lipinski definition) is 4. The van der Waals surface area contributed by atoms with E-state index in [-0.39, 0.29) is 11.1 Å². The highest BCUT2D eigenvalue weighted by molar-refractivity contribution is 7.89. The Labute approximate surface area is 101 Å². The zero-order valence-electron chi connectivity index (χ0n) is 10.2. The van der Waals surface area contributed by atoms with Crippen LogP contribution in [0.5, 0.6) is 0 Å². The number of imidazole rings is 1. The Hall–Kier alpha value is -0.920. The molecule has 2 heterocycles. The number of nitrogens with one attached hydrogen (secondary N) is 1. The van der Waals surface area contributed by atoms with E-state index in [0.717, 1.165) is 0 Å². The molecule has 0 aromatic carbocycles. The Balaban J connectivity index is 2.29. The summed E-state index contributed by atoms with van der Waals surface area (Å²) < 4.78 is 31.7. The quantitative estimate of drug-likeness (QED) is 0.843. The molecule has 2 rings (SSSR count). The number of morpholine rings is 1. The predicted octanol–water partition coefficient (Wildman–Crippen LogP) is 0.598. The lowest BCUT2D eigenvalue weighted by molar-refractivity contribution is -0.109. The van der Waals surface area contributed by atoms with Crippen molar-refractivity contribution in [2.75, 3.05) is 13.1 Å². The molecule has 1 aliphatic rings. The Morgan fingerprint density at radius 1 is 1.59 bits per heavy atom. The van der Waals surface area contributed by atoms with Gasteiger partial charge in [-0.05, 0) is 20.8 Å². The molecule has 0 aliphatic carbocycles. The third-order valence-corrected chi connectivity index (χ3v) is 4.37. The van der Waals surface area contributed by atoms with Crippen LogP contribution >= 0.6 is 0 Å². The summed E-state index contributed by atoms with van der Waals surface area (Å²) in [5.41, 5.74) is -0.468. The smallest absolute Gasteiger partial charge is 0.260 e. The van der Waals surface area contributed by atoms with Crippen molar-refractivity contribution in [2.24, 2.45) is 0 Å². The van der Waals surface area contributed by atoms with Crippen molar-refractivity contribution in [3.8, 4) is 0 Å². The molecule has 0 spiro atoms. The first kappa shape index (κ1) is 12.5. The van der Waals surface area contributed by atoms with Crippen LogP contribution in [0.15, 0.2) is 17.6 Å². The van der Waals surface area contributed by atoms with Crippen molar-refractivity contribution < 1.29 is 13.2 Å². The van der Waals surface area contributed by atoms with E-state index >= 15 is 0 Å². The molecule has 1 aliphatic heterocycles. The van der Waals surface area contributed by atoms with Gasteiger partial charge in [0.25, 0.3) is 10.0 Å². The van der Waals surface area contributed by atoms with Crippen LogP contribution in [0.4, 0.5) is 0 Å². The molecule has 0 saturated carbocycles. The third-order valence-electron chi connectivity index (χ3n) is 2.63. The van der Waals surface area contributed by atoms with Crippen molar-refractivity contribution in [1.29, 1.82) is 0 Å². The topological polar surface area (TPSA) is 75.3 Å². The molecule has 1 aromatic heterocycles. The second-order valence-corrected chi connectivity index (χ2v) is 6.81. The van der Waals surface area contributed by atoms with Crippen LogP contribution in [-0.2, 0) is 14.8 Å². The molecule has 0 radical (unpaired) electrons. The SMILES string of the molecule is CC1CN(S(=O)(=O)c2cnc[nH]2)CC(C)(C)O1. The Bertz CT molecular complexity index is 481. The highest BCUT2D eigenvalue weighted by Crippen LogP contribution is 2.25. The first-order chi connectivity index (χ1) is 7.81. The number of nitrogens with zero attached hydrogens (tertiary/aromatic N) is 2. The number of ether oxygens (including phenoxy) is 1. The van der Waals surface area contributed by atoms with Gasteiger partial charge < -0.3 is 9.72 Å². The molecule has 1 fully saturated rings. The molecule has 1 atom stereocenters. The summed E-state index contributed by atoms with van der Waals surface area (Å²) in [5, 5.41) is 0.127. The lowest BCUT2D eigenvalue weighted by atomic mass is 10.1. The van der Waals surface area contributed by atoms with Crippen molar-refractivity contribution in [3.05, 3.63) is 12.5 Å². The number of aromatic amines is 1.